The van der Waals surface area contributed by atoms with Gasteiger partial charge in [-0.3, -0.25) is 4.79 Å². The van der Waals surface area contributed by atoms with Crippen LogP contribution in [0.3, 0.4) is 0 Å². The maximum atomic E-state index is 12.8. The normalized spacial score (nSPS) is 21.2. The predicted molar refractivity (Wildman–Crippen MR) is 75.0 cm³/mol. The molecule has 2 saturated heterocycles. The molecule has 4 heterocycles. The van der Waals surface area contributed by atoms with E-state index in [1.165, 1.54) is 0 Å². The zero-order valence-electron chi connectivity index (χ0n) is 11.7. The van der Waals surface area contributed by atoms with E-state index in [0.717, 1.165) is 24.9 Å². The molecule has 0 aliphatic carbocycles. The van der Waals surface area contributed by atoms with E-state index in [-0.39, 0.29) is 5.91 Å². The molecule has 110 valence electrons. The molecule has 6 heteroatoms. The Morgan fingerprint density at radius 3 is 3.00 bits per heavy atom. The lowest BCUT2D eigenvalue weighted by molar-refractivity contribution is -0.183. The minimum atomic E-state index is -0.586. The van der Waals surface area contributed by atoms with Gasteiger partial charge in [-0.25, -0.2) is 4.52 Å². The lowest BCUT2D eigenvalue weighted by Gasteiger charge is -2.38. The fraction of sp³-hybridized carbons (Fsp3) is 0.467. The van der Waals surface area contributed by atoms with Gasteiger partial charge in [0.25, 0.3) is 5.91 Å². The van der Waals surface area contributed by atoms with Gasteiger partial charge in [0, 0.05) is 19.2 Å². The largest absolute Gasteiger partial charge is 0.346 e. The summed E-state index contributed by atoms with van der Waals surface area (Å²) in [5.41, 5.74) is 1.46. The SMILES string of the molecule is O=C(c1cnn2ccccc12)N1CCCC2(C1)OCCO2. The summed E-state index contributed by atoms with van der Waals surface area (Å²) in [5.74, 6) is -0.592. The maximum Gasteiger partial charge on any atom is 0.257 e. The van der Waals surface area contributed by atoms with Gasteiger partial charge in [-0.2, -0.15) is 5.10 Å². The highest BCUT2D eigenvalue weighted by atomic mass is 16.7. The van der Waals surface area contributed by atoms with Crippen LogP contribution in [0.4, 0.5) is 0 Å². The van der Waals surface area contributed by atoms with Gasteiger partial charge >= 0.3 is 0 Å². The molecule has 21 heavy (non-hydrogen) atoms. The number of aromatic nitrogens is 2. The first kappa shape index (κ1) is 12.8. The van der Waals surface area contributed by atoms with Crippen molar-refractivity contribution in [2.45, 2.75) is 18.6 Å². The highest BCUT2D eigenvalue weighted by Crippen LogP contribution is 2.31. The molecule has 6 nitrogen and oxygen atoms in total. The molecule has 2 aromatic heterocycles. The summed E-state index contributed by atoms with van der Waals surface area (Å²) < 4.78 is 13.2. The molecule has 0 N–H and O–H groups in total. The number of hydrogen-bond acceptors (Lipinski definition) is 4. The zero-order valence-corrected chi connectivity index (χ0v) is 11.7. The summed E-state index contributed by atoms with van der Waals surface area (Å²) in [7, 11) is 0. The summed E-state index contributed by atoms with van der Waals surface area (Å²) in [6.45, 7) is 2.45. The first-order valence-electron chi connectivity index (χ1n) is 7.27. The molecular weight excluding hydrogens is 270 g/mol. The van der Waals surface area contributed by atoms with Crippen molar-refractivity contribution in [1.82, 2.24) is 14.5 Å². The molecule has 0 atom stereocenters. The quantitative estimate of drug-likeness (QED) is 0.793. The Labute approximate surface area is 122 Å². The second kappa shape index (κ2) is 4.82. The molecule has 1 amide bonds. The van der Waals surface area contributed by atoms with Crippen LogP contribution in [0, 0.1) is 0 Å². The highest BCUT2D eigenvalue weighted by Gasteiger charge is 2.42. The van der Waals surface area contributed by atoms with E-state index in [2.05, 4.69) is 5.10 Å². The molecule has 0 aromatic carbocycles. The standard InChI is InChI=1S/C15H17N3O3/c19-14(12-10-16-18-7-2-1-4-13(12)18)17-6-3-5-15(11-17)20-8-9-21-15/h1-2,4,7,10H,3,5-6,8-9,11H2. The molecule has 2 aromatic rings. The van der Waals surface area contributed by atoms with Crippen LogP contribution in [0.15, 0.2) is 30.6 Å². The molecule has 2 fully saturated rings. The Morgan fingerprint density at radius 2 is 2.14 bits per heavy atom. The van der Waals surface area contributed by atoms with Gasteiger partial charge in [0.05, 0.1) is 37.0 Å². The van der Waals surface area contributed by atoms with Gasteiger partial charge in [0.15, 0.2) is 5.79 Å². The second-order valence-corrected chi connectivity index (χ2v) is 5.53. The molecular formula is C15H17N3O3. The number of pyridine rings is 1. The van der Waals surface area contributed by atoms with E-state index in [1.807, 2.05) is 29.3 Å². The van der Waals surface area contributed by atoms with Crippen molar-refractivity contribution in [2.24, 2.45) is 0 Å². The monoisotopic (exact) mass is 287 g/mol. The zero-order chi connectivity index (χ0) is 14.3. The van der Waals surface area contributed by atoms with Crippen LogP contribution in [0.25, 0.3) is 5.52 Å². The highest BCUT2D eigenvalue weighted by molar-refractivity contribution is 6.00. The van der Waals surface area contributed by atoms with Crippen LogP contribution in [0.5, 0.6) is 0 Å². The van der Waals surface area contributed by atoms with Crippen LogP contribution in [-0.4, -0.2) is 52.5 Å². The number of hydrogen-bond donors (Lipinski definition) is 0. The topological polar surface area (TPSA) is 56.1 Å². The van der Waals surface area contributed by atoms with E-state index >= 15 is 0 Å². The van der Waals surface area contributed by atoms with E-state index in [4.69, 9.17) is 9.47 Å². The van der Waals surface area contributed by atoms with Crippen LogP contribution < -0.4 is 0 Å². The predicted octanol–water partition coefficient (Wildman–Crippen LogP) is 1.31. The van der Waals surface area contributed by atoms with Crippen LogP contribution in [0.2, 0.25) is 0 Å². The fourth-order valence-electron chi connectivity index (χ4n) is 3.16. The molecule has 0 unspecified atom stereocenters. The summed E-state index contributed by atoms with van der Waals surface area (Å²) in [5, 5.41) is 4.23. The molecule has 0 radical (unpaired) electrons. The van der Waals surface area contributed by atoms with Gasteiger partial charge in [0.1, 0.15) is 0 Å². The molecule has 2 aliphatic heterocycles. The third kappa shape index (κ3) is 2.11. The Morgan fingerprint density at radius 1 is 1.29 bits per heavy atom. The van der Waals surface area contributed by atoms with E-state index in [0.29, 0.717) is 25.3 Å². The Kier molecular flexibility index (Phi) is 2.94. The number of ether oxygens (including phenoxy) is 2. The van der Waals surface area contributed by atoms with Crippen molar-refractivity contribution in [3.8, 4) is 0 Å². The smallest absolute Gasteiger partial charge is 0.257 e. The summed E-state index contributed by atoms with van der Waals surface area (Å²) in [4.78, 5) is 14.6. The van der Waals surface area contributed by atoms with Crippen molar-refractivity contribution >= 4 is 11.4 Å². The molecule has 2 aliphatic rings. The average molecular weight is 287 g/mol. The molecule has 1 spiro atoms. The van der Waals surface area contributed by atoms with E-state index in [9.17, 15) is 4.79 Å². The maximum absolute atomic E-state index is 12.8. The lowest BCUT2D eigenvalue weighted by Crippen LogP contribution is -2.51. The Hall–Kier alpha value is -1.92. The summed E-state index contributed by atoms with van der Waals surface area (Å²) >= 11 is 0. The van der Waals surface area contributed by atoms with Gasteiger partial charge in [-0.15, -0.1) is 0 Å². The molecule has 0 saturated carbocycles. The van der Waals surface area contributed by atoms with Crippen LogP contribution >= 0.6 is 0 Å². The second-order valence-electron chi connectivity index (χ2n) is 5.53. The lowest BCUT2D eigenvalue weighted by atomic mass is 10.0. The van der Waals surface area contributed by atoms with Crippen molar-refractivity contribution in [2.75, 3.05) is 26.3 Å². The van der Waals surface area contributed by atoms with Crippen LogP contribution in [-0.2, 0) is 9.47 Å². The van der Waals surface area contributed by atoms with Gasteiger partial charge < -0.3 is 14.4 Å². The van der Waals surface area contributed by atoms with Crippen molar-refractivity contribution in [3.63, 3.8) is 0 Å². The average Bonchev–Trinajstić information content (AvgIpc) is 3.14. The van der Waals surface area contributed by atoms with Gasteiger partial charge in [0.2, 0.25) is 0 Å². The number of amides is 1. The molecule has 4 rings (SSSR count). The third-order valence-electron chi connectivity index (χ3n) is 4.18. The van der Waals surface area contributed by atoms with Crippen molar-refractivity contribution in [1.29, 1.82) is 0 Å². The van der Waals surface area contributed by atoms with Gasteiger partial charge in [-0.1, -0.05) is 6.07 Å². The Bertz CT molecular complexity index is 676. The summed E-state index contributed by atoms with van der Waals surface area (Å²) in [6, 6.07) is 5.71. The first-order valence-corrected chi connectivity index (χ1v) is 7.27. The number of nitrogens with zero attached hydrogens (tertiary/aromatic N) is 3. The van der Waals surface area contributed by atoms with E-state index in [1.54, 1.807) is 10.7 Å². The fourth-order valence-corrected chi connectivity index (χ4v) is 3.16. The first-order chi connectivity index (χ1) is 10.3. The minimum Gasteiger partial charge on any atom is -0.346 e. The number of carbonyl (C=O) groups excluding carboxylic acids is 1. The van der Waals surface area contributed by atoms with Crippen molar-refractivity contribution in [3.05, 3.63) is 36.2 Å². The summed E-state index contributed by atoms with van der Waals surface area (Å²) in [6.07, 6.45) is 5.22. The third-order valence-corrected chi connectivity index (χ3v) is 4.18. The molecule has 0 bridgehead atoms. The van der Waals surface area contributed by atoms with Gasteiger partial charge in [-0.05, 0) is 18.6 Å². The number of carbonyl (C=O) groups is 1. The Balaban J connectivity index is 1.62. The number of fused-ring (bicyclic) bond motifs is 1. The minimum absolute atomic E-state index is 0.00521. The van der Waals surface area contributed by atoms with Crippen molar-refractivity contribution < 1.29 is 14.3 Å². The number of piperidine rings is 1. The number of rotatable bonds is 1. The van der Waals surface area contributed by atoms with Crippen LogP contribution in [0.1, 0.15) is 23.2 Å². The van der Waals surface area contributed by atoms with E-state index < -0.39 is 5.79 Å². The number of likely N-dealkylation sites (tertiary alicyclic amines) is 1.